The third-order valence-electron chi connectivity index (χ3n) is 11.5. The molecule has 4 aliphatic rings. The number of nitrogens with one attached hydrogen (secondary N) is 1. The van der Waals surface area contributed by atoms with E-state index < -0.39 is 18.0 Å². The van der Waals surface area contributed by atoms with Gasteiger partial charge in [0.25, 0.3) is 0 Å². The van der Waals surface area contributed by atoms with Gasteiger partial charge in [0.05, 0.1) is 46.6 Å². The number of allylic oxidation sites excluding steroid dienone is 11. The number of aromatic amines is 1. The molecule has 0 aliphatic carbocycles. The zero-order valence-electron chi connectivity index (χ0n) is 35.7. The van der Waals surface area contributed by atoms with Gasteiger partial charge in [-0.3, -0.25) is 9.59 Å². The molecular formula is C49H60N4O6. The molecule has 0 saturated heterocycles. The molecule has 0 unspecified atom stereocenters. The van der Waals surface area contributed by atoms with E-state index in [2.05, 4.69) is 51.4 Å². The van der Waals surface area contributed by atoms with Crippen LogP contribution < -0.4 is 10.7 Å². The molecule has 0 amide bonds. The SMILES string of the molecule is C=Cc1c(C)c2[nH]c1=CC1=NC(=CC3=C(CCC(=O)O)C(=CO)C(=N3)C=C3N=C(C=2)C([C@@H](O)CC/C=C(\C)CC/C=C(\C)CCCC(C)C)=C3C)C(CCC(=O)O)=C1C. The number of aliphatic carboxylic acids is 2. The Kier molecular flexibility index (Phi) is 15.0. The minimum absolute atomic E-state index is 0.0853. The molecule has 312 valence electrons. The number of hydrogen-bond donors (Lipinski definition) is 5. The molecule has 4 aliphatic heterocycles. The van der Waals surface area contributed by atoms with Crippen LogP contribution >= 0.6 is 0 Å². The summed E-state index contributed by atoms with van der Waals surface area (Å²) in [6, 6.07) is 0. The van der Waals surface area contributed by atoms with E-state index in [0.717, 1.165) is 70.0 Å². The fraction of sp³-hybridized carbons (Fsp3) is 0.408. The number of carboxylic acid groups (broad SMARTS) is 2. The summed E-state index contributed by atoms with van der Waals surface area (Å²) >= 11 is 0. The van der Waals surface area contributed by atoms with Crippen LogP contribution in [0, 0.1) is 12.8 Å². The van der Waals surface area contributed by atoms with Gasteiger partial charge in [0.1, 0.15) is 0 Å². The second-order valence-electron chi connectivity index (χ2n) is 16.4. The Morgan fingerprint density at radius 3 is 2.07 bits per heavy atom. The minimum Gasteiger partial charge on any atom is -0.515 e. The zero-order valence-corrected chi connectivity index (χ0v) is 35.7. The van der Waals surface area contributed by atoms with E-state index in [0.29, 0.717) is 63.8 Å². The Morgan fingerprint density at radius 1 is 0.763 bits per heavy atom. The van der Waals surface area contributed by atoms with E-state index in [1.54, 1.807) is 18.2 Å². The van der Waals surface area contributed by atoms with Crippen molar-refractivity contribution in [2.24, 2.45) is 20.9 Å². The maximum absolute atomic E-state index is 11.9. The summed E-state index contributed by atoms with van der Waals surface area (Å²) in [7, 11) is 0. The molecule has 0 aromatic carbocycles. The highest BCUT2D eigenvalue weighted by Crippen LogP contribution is 2.38. The summed E-state index contributed by atoms with van der Waals surface area (Å²) in [5.74, 6) is -1.21. The van der Waals surface area contributed by atoms with Crippen LogP contribution in [0.1, 0.15) is 123 Å². The van der Waals surface area contributed by atoms with Crippen LogP contribution in [0.5, 0.6) is 0 Å². The number of carbonyl (C=O) groups is 2. The van der Waals surface area contributed by atoms with Crippen LogP contribution in [0.3, 0.4) is 0 Å². The van der Waals surface area contributed by atoms with Crippen molar-refractivity contribution in [3.8, 4) is 0 Å². The van der Waals surface area contributed by atoms with E-state index in [9.17, 15) is 30.0 Å². The topological polar surface area (TPSA) is 168 Å². The van der Waals surface area contributed by atoms with Crippen molar-refractivity contribution in [1.29, 1.82) is 0 Å². The number of fused-ring (bicyclic) bond motifs is 5. The third-order valence-corrected chi connectivity index (χ3v) is 11.5. The number of aliphatic hydroxyl groups excluding tert-OH is 2. The van der Waals surface area contributed by atoms with Gasteiger partial charge in [-0.25, -0.2) is 15.0 Å². The molecule has 0 radical (unpaired) electrons. The monoisotopic (exact) mass is 800 g/mol. The molecular weight excluding hydrogens is 741 g/mol. The van der Waals surface area contributed by atoms with Gasteiger partial charge in [-0.1, -0.05) is 56.2 Å². The van der Waals surface area contributed by atoms with Crippen molar-refractivity contribution >= 4 is 47.3 Å². The lowest BCUT2D eigenvalue weighted by molar-refractivity contribution is -0.137. The molecule has 1 atom stereocenters. The molecule has 5 N–H and O–H groups in total. The Hall–Kier alpha value is -5.61. The number of aromatic nitrogens is 1. The van der Waals surface area contributed by atoms with E-state index in [-0.39, 0.29) is 25.7 Å². The average Bonchev–Trinajstić information content (AvgIpc) is 3.85. The Morgan fingerprint density at radius 2 is 1.41 bits per heavy atom. The maximum Gasteiger partial charge on any atom is 0.303 e. The number of hydrogen-bond acceptors (Lipinski definition) is 7. The van der Waals surface area contributed by atoms with Crippen LogP contribution in [0.15, 0.2) is 114 Å². The third kappa shape index (κ3) is 10.9. The average molecular weight is 801 g/mol. The molecule has 10 nitrogen and oxygen atoms in total. The van der Waals surface area contributed by atoms with Crippen molar-refractivity contribution in [1.82, 2.24) is 4.98 Å². The lowest BCUT2D eigenvalue weighted by atomic mass is 9.94. The fourth-order valence-electron chi connectivity index (χ4n) is 8.01. The molecule has 0 spiro atoms. The van der Waals surface area contributed by atoms with Crippen LogP contribution in [0.25, 0.3) is 18.2 Å². The minimum atomic E-state index is -0.999. The van der Waals surface area contributed by atoms with Crippen molar-refractivity contribution < 1.29 is 30.0 Å². The summed E-state index contributed by atoms with van der Waals surface area (Å²) in [5, 5.41) is 43.3. The van der Waals surface area contributed by atoms with Gasteiger partial charge < -0.3 is 25.4 Å². The van der Waals surface area contributed by atoms with E-state index in [1.165, 1.54) is 24.0 Å². The normalized spacial score (nSPS) is 18.2. The predicted molar refractivity (Wildman–Crippen MR) is 240 cm³/mol. The summed E-state index contributed by atoms with van der Waals surface area (Å²) < 4.78 is 0. The highest BCUT2D eigenvalue weighted by atomic mass is 16.4. The smallest absolute Gasteiger partial charge is 0.303 e. The van der Waals surface area contributed by atoms with Crippen LogP contribution in [0.2, 0.25) is 0 Å². The Bertz CT molecular complexity index is 2380. The number of H-pyrrole nitrogens is 1. The first-order valence-electron chi connectivity index (χ1n) is 20.8. The summed E-state index contributed by atoms with van der Waals surface area (Å²) in [6.45, 7) is 18.8. The van der Waals surface area contributed by atoms with Gasteiger partial charge in [0.2, 0.25) is 0 Å². The maximum atomic E-state index is 11.9. The first-order valence-corrected chi connectivity index (χ1v) is 20.8. The first kappa shape index (κ1) is 44.5. The van der Waals surface area contributed by atoms with Crippen LogP contribution in [-0.2, 0) is 9.59 Å². The van der Waals surface area contributed by atoms with Crippen LogP contribution in [0.4, 0.5) is 0 Å². The first-order chi connectivity index (χ1) is 28.1. The van der Waals surface area contributed by atoms with E-state index >= 15 is 0 Å². The van der Waals surface area contributed by atoms with Crippen molar-refractivity contribution in [3.05, 3.63) is 121 Å². The van der Waals surface area contributed by atoms with E-state index in [4.69, 9.17) is 15.0 Å². The standard InChI is InChI=1S/C49H60N4O6/c1-9-34-31(6)39-25-45-49(46(55)18-12-17-30(5)16-11-15-29(4)14-10-13-28(2)3)33(8)40(52-45)24-44-37(27-54)36(20-22-48(58)59)43(53-44)26-42-35(19-21-47(56)57)32(7)38(51-42)23-41(34)50-39/h9,15,17,23-28,46,50,54-55H,1,10-14,16,18-22H2,2-8H3,(H,56,57)(H,58,59)/b29-15+,30-17+,37-27?,39-25?,40-24?,41-23?,42-26?/t46-/m0/s1. The predicted octanol–water partition coefficient (Wildman–Crippen LogP) is 9.37. The number of carboxylic acids is 2. The van der Waals surface area contributed by atoms with Crippen molar-refractivity contribution in [2.45, 2.75) is 125 Å². The molecule has 10 heteroatoms. The van der Waals surface area contributed by atoms with E-state index in [1.807, 2.05) is 32.9 Å². The fourth-order valence-corrected chi connectivity index (χ4v) is 8.01. The van der Waals surface area contributed by atoms with Gasteiger partial charge in [0.15, 0.2) is 0 Å². The summed E-state index contributed by atoms with van der Waals surface area (Å²) in [4.78, 5) is 41.9. The van der Waals surface area contributed by atoms with Gasteiger partial charge >= 0.3 is 11.9 Å². The summed E-state index contributed by atoms with van der Waals surface area (Å²) in [5.41, 5.74) is 11.6. The molecule has 1 aromatic heterocycles. The molecule has 1 aromatic rings. The molecule has 0 saturated carbocycles. The Labute approximate surface area is 348 Å². The lowest BCUT2D eigenvalue weighted by Crippen LogP contribution is -2.20. The van der Waals surface area contributed by atoms with Crippen molar-refractivity contribution in [3.63, 3.8) is 0 Å². The second-order valence-corrected chi connectivity index (χ2v) is 16.4. The van der Waals surface area contributed by atoms with Gasteiger partial charge in [-0.15, -0.1) is 0 Å². The largest absolute Gasteiger partial charge is 0.515 e. The van der Waals surface area contributed by atoms with Gasteiger partial charge in [-0.2, -0.15) is 0 Å². The second kappa shape index (κ2) is 19.9. The number of aliphatic imine (C=N–C) groups is 3. The highest BCUT2D eigenvalue weighted by Gasteiger charge is 2.30. The molecule has 59 heavy (non-hydrogen) atoms. The molecule has 5 heterocycles. The summed E-state index contributed by atoms with van der Waals surface area (Å²) in [6.07, 6.45) is 20.6. The lowest BCUT2D eigenvalue weighted by Gasteiger charge is -2.13. The quantitative estimate of drug-likeness (QED) is 0.0733. The number of aliphatic hydroxyl groups is 2. The molecule has 5 rings (SSSR count). The van der Waals surface area contributed by atoms with Crippen LogP contribution in [-0.4, -0.2) is 60.6 Å². The highest BCUT2D eigenvalue weighted by molar-refractivity contribution is 6.25. The molecule has 8 bridgehead atoms. The van der Waals surface area contributed by atoms with Crippen molar-refractivity contribution in [2.75, 3.05) is 0 Å². The zero-order chi connectivity index (χ0) is 43.0. The number of rotatable bonds is 18. The number of nitrogens with zero attached hydrogens (tertiary/aromatic N) is 3. The van der Waals surface area contributed by atoms with Gasteiger partial charge in [-0.05, 0) is 144 Å². The van der Waals surface area contributed by atoms with Gasteiger partial charge in [0, 0.05) is 40.2 Å². The molecule has 0 fully saturated rings. The Balaban J connectivity index is 1.57.